The zero-order valence-electron chi connectivity index (χ0n) is 15.3. The summed E-state index contributed by atoms with van der Waals surface area (Å²) in [5.74, 6) is -0.0455. The van der Waals surface area contributed by atoms with Crippen LogP contribution < -0.4 is 16.0 Å². The number of benzene rings is 1. The van der Waals surface area contributed by atoms with Crippen LogP contribution in [0.3, 0.4) is 0 Å². The van der Waals surface area contributed by atoms with E-state index < -0.39 is 17.1 Å². The summed E-state index contributed by atoms with van der Waals surface area (Å²) < 4.78 is 7.18. The fourth-order valence-electron chi connectivity index (χ4n) is 2.76. The maximum Gasteiger partial charge on any atom is 0.283 e. The monoisotopic (exact) mass is 408 g/mol. The van der Waals surface area contributed by atoms with Gasteiger partial charge in [-0.25, -0.2) is 0 Å². The van der Waals surface area contributed by atoms with E-state index in [9.17, 15) is 14.7 Å². The number of aliphatic hydroxyl groups is 1. The topological polar surface area (TPSA) is 120 Å². The standard InChI is InChI=1S/C20H16N4O4S/c1-11-4-2-3-5-16(11)28-10-17-23-24-18(21)13(19(27)22-20(24)29-17)8-12-6-7-14(25)15(26)9-12/h2-9,26H,10,21H2,1H3/b12-8+. The summed E-state index contributed by atoms with van der Waals surface area (Å²) >= 11 is 1.21. The van der Waals surface area contributed by atoms with Gasteiger partial charge in [0.05, 0.1) is 5.56 Å². The van der Waals surface area contributed by atoms with Crippen LogP contribution in [0, 0.1) is 6.92 Å². The number of para-hydroxylation sites is 1. The summed E-state index contributed by atoms with van der Waals surface area (Å²) in [5.41, 5.74) is 7.20. The quantitative estimate of drug-likeness (QED) is 0.681. The lowest BCUT2D eigenvalue weighted by Gasteiger charge is -2.06. The van der Waals surface area contributed by atoms with Gasteiger partial charge < -0.3 is 15.6 Å². The Hall–Kier alpha value is -3.72. The van der Waals surface area contributed by atoms with E-state index in [0.29, 0.717) is 15.5 Å². The smallest absolute Gasteiger partial charge is 0.283 e. The van der Waals surface area contributed by atoms with Crippen molar-refractivity contribution in [3.8, 4) is 5.75 Å². The number of carbonyl (C=O) groups is 1. The minimum absolute atomic E-state index is 0.115. The molecule has 2 heterocycles. The minimum atomic E-state index is -0.525. The van der Waals surface area contributed by atoms with E-state index in [0.717, 1.165) is 11.3 Å². The van der Waals surface area contributed by atoms with Gasteiger partial charge in [-0.3, -0.25) is 9.59 Å². The number of nitrogens with two attached hydrogens (primary N) is 1. The molecule has 0 aliphatic heterocycles. The second kappa shape index (κ2) is 7.36. The lowest BCUT2D eigenvalue weighted by molar-refractivity contribution is -0.113. The first-order chi connectivity index (χ1) is 13.9. The highest BCUT2D eigenvalue weighted by Crippen LogP contribution is 2.22. The molecule has 0 fully saturated rings. The molecule has 0 bridgehead atoms. The number of rotatable bonds is 4. The van der Waals surface area contributed by atoms with Gasteiger partial charge in [0.15, 0.2) is 10.8 Å². The predicted molar refractivity (Wildman–Crippen MR) is 110 cm³/mol. The van der Waals surface area contributed by atoms with Crippen molar-refractivity contribution >= 4 is 34.0 Å². The van der Waals surface area contributed by atoms with E-state index in [4.69, 9.17) is 10.5 Å². The second-order valence-electron chi connectivity index (χ2n) is 6.33. The normalized spacial score (nSPS) is 15.1. The Balaban J connectivity index is 1.67. The summed E-state index contributed by atoms with van der Waals surface area (Å²) in [4.78, 5) is 28.2. The van der Waals surface area contributed by atoms with Crippen LogP contribution in [0.2, 0.25) is 0 Å². The van der Waals surface area contributed by atoms with Gasteiger partial charge in [0.2, 0.25) is 10.7 Å². The van der Waals surface area contributed by atoms with E-state index in [1.165, 1.54) is 40.2 Å². The zero-order valence-corrected chi connectivity index (χ0v) is 16.1. The van der Waals surface area contributed by atoms with Crippen molar-refractivity contribution in [1.82, 2.24) is 14.6 Å². The summed E-state index contributed by atoms with van der Waals surface area (Å²) in [6.07, 6.45) is 5.42. The number of ketones is 1. The Kier molecular flexibility index (Phi) is 4.73. The van der Waals surface area contributed by atoms with Gasteiger partial charge in [0, 0.05) is 0 Å². The first-order valence-electron chi connectivity index (χ1n) is 8.64. The van der Waals surface area contributed by atoms with Crippen LogP contribution in [0.1, 0.15) is 16.1 Å². The average molecular weight is 408 g/mol. The lowest BCUT2D eigenvalue weighted by Crippen LogP contribution is -2.17. The summed E-state index contributed by atoms with van der Waals surface area (Å²) in [6.45, 7) is 2.16. The van der Waals surface area contributed by atoms with Crippen LogP contribution in [0.15, 0.2) is 58.6 Å². The molecule has 0 unspecified atom stereocenters. The van der Waals surface area contributed by atoms with Crippen LogP contribution in [0.4, 0.5) is 5.82 Å². The molecule has 0 saturated carbocycles. The Labute approximate surface area is 168 Å². The van der Waals surface area contributed by atoms with Crippen molar-refractivity contribution < 1.29 is 14.6 Å². The van der Waals surface area contributed by atoms with Gasteiger partial charge in [-0.1, -0.05) is 35.6 Å². The zero-order chi connectivity index (χ0) is 20.5. The summed E-state index contributed by atoms with van der Waals surface area (Å²) in [6, 6.07) is 7.63. The van der Waals surface area contributed by atoms with E-state index >= 15 is 0 Å². The van der Waals surface area contributed by atoms with Gasteiger partial charge in [-0.2, -0.15) is 14.6 Å². The van der Waals surface area contributed by atoms with Gasteiger partial charge in [-0.05, 0) is 42.4 Å². The third-order valence-corrected chi connectivity index (χ3v) is 5.15. The number of nitrogen functional groups attached to an aromatic ring is 1. The number of anilines is 1. The molecule has 0 spiro atoms. The molecule has 4 rings (SSSR count). The molecule has 29 heavy (non-hydrogen) atoms. The van der Waals surface area contributed by atoms with Crippen molar-refractivity contribution in [1.29, 1.82) is 0 Å². The van der Waals surface area contributed by atoms with Crippen LogP contribution in [0.25, 0.3) is 11.0 Å². The number of allylic oxidation sites excluding steroid dienone is 4. The molecule has 146 valence electrons. The van der Waals surface area contributed by atoms with E-state index in [2.05, 4.69) is 10.1 Å². The number of carbonyl (C=O) groups excluding carboxylic acids is 1. The second-order valence-corrected chi connectivity index (χ2v) is 7.37. The van der Waals surface area contributed by atoms with Gasteiger partial charge in [-0.15, -0.1) is 0 Å². The number of fused-ring (bicyclic) bond motifs is 1. The Morgan fingerprint density at radius 1 is 1.28 bits per heavy atom. The number of nitrogens with zero attached hydrogens (tertiary/aromatic N) is 3. The van der Waals surface area contributed by atoms with Gasteiger partial charge in [0.25, 0.3) is 5.56 Å². The number of aliphatic hydroxyl groups excluding tert-OH is 1. The fraction of sp³-hybridized carbons (Fsp3) is 0.100. The summed E-state index contributed by atoms with van der Waals surface area (Å²) in [5, 5.41) is 14.6. The van der Waals surface area contributed by atoms with Crippen molar-refractivity contribution in [2.45, 2.75) is 13.5 Å². The molecule has 9 heteroatoms. The minimum Gasteiger partial charge on any atom is -0.504 e. The van der Waals surface area contributed by atoms with E-state index in [1.54, 1.807) is 0 Å². The molecular weight excluding hydrogens is 392 g/mol. The molecule has 1 aromatic carbocycles. The molecule has 3 aromatic rings. The molecular formula is C20H16N4O4S. The Bertz CT molecular complexity index is 1280. The van der Waals surface area contributed by atoms with E-state index in [-0.39, 0.29) is 18.0 Å². The van der Waals surface area contributed by atoms with E-state index in [1.807, 2.05) is 31.2 Å². The predicted octanol–water partition coefficient (Wildman–Crippen LogP) is 2.58. The number of aromatic nitrogens is 3. The lowest BCUT2D eigenvalue weighted by atomic mass is 10.1. The number of hydrogen-bond acceptors (Lipinski definition) is 8. The first kappa shape index (κ1) is 18.6. The number of hydrogen-bond donors (Lipinski definition) is 2. The van der Waals surface area contributed by atoms with Crippen LogP contribution in [-0.2, 0) is 11.4 Å². The first-order valence-corrected chi connectivity index (χ1v) is 9.45. The summed E-state index contributed by atoms with van der Waals surface area (Å²) in [7, 11) is 0. The highest BCUT2D eigenvalue weighted by Gasteiger charge is 2.15. The van der Waals surface area contributed by atoms with Crippen molar-refractivity contribution in [3.63, 3.8) is 0 Å². The number of ether oxygens (including phenoxy) is 1. The average Bonchev–Trinajstić information content (AvgIpc) is 3.10. The highest BCUT2D eigenvalue weighted by atomic mass is 32.1. The number of aryl methyl sites for hydroxylation is 1. The molecule has 2 aromatic heterocycles. The maximum absolute atomic E-state index is 12.4. The molecule has 8 nitrogen and oxygen atoms in total. The maximum atomic E-state index is 12.4. The van der Waals surface area contributed by atoms with Gasteiger partial charge >= 0.3 is 0 Å². The molecule has 3 N–H and O–H groups in total. The third-order valence-electron chi connectivity index (χ3n) is 4.27. The third kappa shape index (κ3) is 3.67. The molecule has 1 aliphatic carbocycles. The van der Waals surface area contributed by atoms with Crippen LogP contribution in [-0.4, -0.2) is 25.5 Å². The largest absolute Gasteiger partial charge is 0.504 e. The van der Waals surface area contributed by atoms with Crippen molar-refractivity contribution in [2.24, 2.45) is 0 Å². The highest BCUT2D eigenvalue weighted by molar-refractivity contribution is 7.16. The van der Waals surface area contributed by atoms with Crippen LogP contribution in [0.5, 0.6) is 5.75 Å². The van der Waals surface area contributed by atoms with Crippen molar-refractivity contribution in [3.05, 3.63) is 80.3 Å². The Morgan fingerprint density at radius 2 is 2.07 bits per heavy atom. The molecule has 0 radical (unpaired) electrons. The van der Waals surface area contributed by atoms with Crippen molar-refractivity contribution in [2.75, 3.05) is 5.73 Å². The molecule has 1 aliphatic rings. The fourth-order valence-corrected chi connectivity index (χ4v) is 3.57. The molecule has 0 atom stereocenters. The molecule has 0 saturated heterocycles. The van der Waals surface area contributed by atoms with Gasteiger partial charge in [0.1, 0.15) is 18.2 Å². The molecule has 0 amide bonds. The SMILES string of the molecule is Cc1ccccc1OCc1nn2c(N)c(/C=C3\C=CC(=O)C(O)=C3)c(=O)nc2s1. The van der Waals surface area contributed by atoms with Crippen LogP contribution >= 0.6 is 11.3 Å². The Morgan fingerprint density at radius 3 is 2.83 bits per heavy atom.